The standard InChI is InChI=1S/C14H12IN3O/c1-9-5-7-18-11(8-9)17-12(13(18)15)10-4-3-6-16-14(10)19-2/h3-8H,1-2H3. The van der Waals surface area contributed by atoms with E-state index in [0.29, 0.717) is 5.88 Å². The minimum atomic E-state index is 0.598. The number of ether oxygens (including phenoxy) is 1. The maximum atomic E-state index is 5.31. The Morgan fingerprint density at radius 3 is 2.95 bits per heavy atom. The van der Waals surface area contributed by atoms with Gasteiger partial charge in [0.1, 0.15) is 15.0 Å². The maximum absolute atomic E-state index is 5.31. The Bertz CT molecular complexity index is 752. The van der Waals surface area contributed by atoms with E-state index in [0.717, 1.165) is 20.6 Å². The Kier molecular flexibility index (Phi) is 3.14. The normalized spacial score (nSPS) is 10.9. The summed E-state index contributed by atoms with van der Waals surface area (Å²) in [6.45, 7) is 2.06. The van der Waals surface area contributed by atoms with Crippen LogP contribution in [0, 0.1) is 10.6 Å². The zero-order valence-electron chi connectivity index (χ0n) is 10.6. The van der Waals surface area contributed by atoms with E-state index >= 15 is 0 Å². The number of rotatable bonds is 2. The van der Waals surface area contributed by atoms with Crippen LogP contribution in [-0.2, 0) is 0 Å². The summed E-state index contributed by atoms with van der Waals surface area (Å²) in [6, 6.07) is 8.00. The van der Waals surface area contributed by atoms with Crippen LogP contribution in [0.2, 0.25) is 0 Å². The molecule has 5 heteroatoms. The molecule has 0 aliphatic heterocycles. The van der Waals surface area contributed by atoms with E-state index in [-0.39, 0.29) is 0 Å². The highest BCUT2D eigenvalue weighted by molar-refractivity contribution is 14.1. The molecule has 0 saturated heterocycles. The molecule has 0 aromatic carbocycles. The zero-order chi connectivity index (χ0) is 13.4. The Morgan fingerprint density at radius 2 is 2.16 bits per heavy atom. The van der Waals surface area contributed by atoms with E-state index in [2.05, 4.69) is 56.0 Å². The van der Waals surface area contributed by atoms with Crippen LogP contribution in [0.25, 0.3) is 16.9 Å². The third-order valence-electron chi connectivity index (χ3n) is 2.94. The molecule has 0 atom stereocenters. The van der Waals surface area contributed by atoms with Crippen LogP contribution in [0.5, 0.6) is 5.88 Å². The lowest BCUT2D eigenvalue weighted by Crippen LogP contribution is -1.92. The van der Waals surface area contributed by atoms with Gasteiger partial charge in [-0.3, -0.25) is 4.40 Å². The SMILES string of the molecule is COc1ncccc1-c1nc2cc(C)ccn2c1I. The third kappa shape index (κ3) is 2.07. The lowest BCUT2D eigenvalue weighted by Gasteiger charge is -2.04. The quantitative estimate of drug-likeness (QED) is 0.654. The highest BCUT2D eigenvalue weighted by Crippen LogP contribution is 2.31. The van der Waals surface area contributed by atoms with Crippen molar-refractivity contribution in [2.75, 3.05) is 7.11 Å². The molecule has 0 radical (unpaired) electrons. The highest BCUT2D eigenvalue weighted by Gasteiger charge is 2.15. The topological polar surface area (TPSA) is 39.4 Å². The Hall–Kier alpha value is -1.63. The average molecular weight is 365 g/mol. The summed E-state index contributed by atoms with van der Waals surface area (Å²) in [5.74, 6) is 0.598. The van der Waals surface area contributed by atoms with Crippen LogP contribution in [0.3, 0.4) is 0 Å². The molecule has 0 spiro atoms. The fraction of sp³-hybridized carbons (Fsp3) is 0.143. The fourth-order valence-electron chi connectivity index (χ4n) is 2.02. The van der Waals surface area contributed by atoms with Crippen molar-refractivity contribution in [2.45, 2.75) is 6.92 Å². The second kappa shape index (κ2) is 4.80. The third-order valence-corrected chi connectivity index (χ3v) is 3.97. The van der Waals surface area contributed by atoms with Crippen LogP contribution in [0.4, 0.5) is 0 Å². The number of pyridine rings is 2. The van der Waals surface area contributed by atoms with Crippen molar-refractivity contribution in [3.63, 3.8) is 0 Å². The van der Waals surface area contributed by atoms with Gasteiger partial charge in [-0.2, -0.15) is 0 Å². The summed E-state index contributed by atoms with van der Waals surface area (Å²) in [4.78, 5) is 8.91. The van der Waals surface area contributed by atoms with E-state index < -0.39 is 0 Å². The minimum Gasteiger partial charge on any atom is -0.481 e. The summed E-state index contributed by atoms with van der Waals surface area (Å²) in [6.07, 6.45) is 3.75. The van der Waals surface area contributed by atoms with E-state index in [9.17, 15) is 0 Å². The van der Waals surface area contributed by atoms with Gasteiger partial charge in [0.2, 0.25) is 5.88 Å². The van der Waals surface area contributed by atoms with Crippen LogP contribution in [0.1, 0.15) is 5.56 Å². The largest absolute Gasteiger partial charge is 0.481 e. The van der Waals surface area contributed by atoms with Gasteiger partial charge in [-0.25, -0.2) is 9.97 Å². The molecule has 0 fully saturated rings. The van der Waals surface area contributed by atoms with Crippen molar-refractivity contribution in [3.05, 3.63) is 45.9 Å². The molecule has 0 aliphatic carbocycles. The Morgan fingerprint density at radius 1 is 1.32 bits per heavy atom. The summed E-state index contributed by atoms with van der Waals surface area (Å²) < 4.78 is 8.43. The molecule has 4 nitrogen and oxygen atoms in total. The Labute approximate surface area is 124 Å². The van der Waals surface area contributed by atoms with Gasteiger partial charge in [0.05, 0.1) is 12.7 Å². The molecule has 96 valence electrons. The van der Waals surface area contributed by atoms with Gasteiger partial charge in [-0.05, 0) is 59.3 Å². The number of hydrogen-bond donors (Lipinski definition) is 0. The van der Waals surface area contributed by atoms with Gasteiger partial charge < -0.3 is 4.74 Å². The zero-order valence-corrected chi connectivity index (χ0v) is 12.7. The molecule has 0 bridgehead atoms. The van der Waals surface area contributed by atoms with Crippen molar-refractivity contribution in [2.24, 2.45) is 0 Å². The molecule has 3 aromatic heterocycles. The smallest absolute Gasteiger partial charge is 0.222 e. The van der Waals surface area contributed by atoms with Crippen LogP contribution in [0.15, 0.2) is 36.7 Å². The first kappa shape index (κ1) is 12.4. The number of aromatic nitrogens is 3. The predicted molar refractivity (Wildman–Crippen MR) is 82.4 cm³/mol. The Balaban J connectivity index is 2.28. The number of nitrogens with zero attached hydrogens (tertiary/aromatic N) is 3. The molecular weight excluding hydrogens is 353 g/mol. The van der Waals surface area contributed by atoms with Gasteiger partial charge in [0.15, 0.2) is 0 Å². The van der Waals surface area contributed by atoms with E-state index in [1.807, 2.05) is 18.3 Å². The molecule has 0 aliphatic rings. The van der Waals surface area contributed by atoms with Crippen LogP contribution in [-0.4, -0.2) is 21.5 Å². The molecule has 3 rings (SSSR count). The van der Waals surface area contributed by atoms with Crippen molar-refractivity contribution >= 4 is 28.2 Å². The lowest BCUT2D eigenvalue weighted by molar-refractivity contribution is 0.399. The molecule has 3 aromatic rings. The van der Waals surface area contributed by atoms with Crippen molar-refractivity contribution in [1.29, 1.82) is 0 Å². The predicted octanol–water partition coefficient (Wildman–Crippen LogP) is 3.32. The first-order chi connectivity index (χ1) is 9.20. The second-order valence-corrected chi connectivity index (χ2v) is 5.27. The van der Waals surface area contributed by atoms with E-state index in [4.69, 9.17) is 4.74 Å². The average Bonchev–Trinajstić information content (AvgIpc) is 2.75. The summed E-state index contributed by atoms with van der Waals surface area (Å²) >= 11 is 2.30. The molecule has 0 unspecified atom stereocenters. The maximum Gasteiger partial charge on any atom is 0.222 e. The van der Waals surface area contributed by atoms with Crippen molar-refractivity contribution in [1.82, 2.24) is 14.4 Å². The molecule has 3 heterocycles. The van der Waals surface area contributed by atoms with Gasteiger partial charge >= 0.3 is 0 Å². The molecule has 0 saturated carbocycles. The van der Waals surface area contributed by atoms with Crippen molar-refractivity contribution in [3.8, 4) is 17.1 Å². The van der Waals surface area contributed by atoms with Gasteiger partial charge in [-0.15, -0.1) is 0 Å². The van der Waals surface area contributed by atoms with E-state index in [1.165, 1.54) is 5.56 Å². The summed E-state index contributed by atoms with van der Waals surface area (Å²) in [7, 11) is 1.62. The van der Waals surface area contributed by atoms with Crippen LogP contribution >= 0.6 is 22.6 Å². The van der Waals surface area contributed by atoms with Crippen LogP contribution < -0.4 is 4.74 Å². The molecule has 0 amide bonds. The monoisotopic (exact) mass is 365 g/mol. The molecular formula is C14H12IN3O. The first-order valence-electron chi connectivity index (χ1n) is 5.84. The highest BCUT2D eigenvalue weighted by atomic mass is 127. The number of aryl methyl sites for hydroxylation is 1. The number of fused-ring (bicyclic) bond motifs is 1. The lowest BCUT2D eigenvalue weighted by atomic mass is 10.2. The number of methoxy groups -OCH3 is 1. The summed E-state index contributed by atoms with van der Waals surface area (Å²) in [5.41, 5.74) is 3.94. The minimum absolute atomic E-state index is 0.598. The number of imidazole rings is 1. The molecule has 0 N–H and O–H groups in total. The van der Waals surface area contributed by atoms with E-state index in [1.54, 1.807) is 13.3 Å². The fourth-order valence-corrected chi connectivity index (χ4v) is 2.84. The van der Waals surface area contributed by atoms with Gasteiger partial charge in [0.25, 0.3) is 0 Å². The second-order valence-electron chi connectivity index (χ2n) is 4.24. The number of hydrogen-bond acceptors (Lipinski definition) is 3. The van der Waals surface area contributed by atoms with Gasteiger partial charge in [-0.1, -0.05) is 0 Å². The number of halogens is 1. The van der Waals surface area contributed by atoms with Gasteiger partial charge in [0, 0.05) is 12.4 Å². The summed E-state index contributed by atoms with van der Waals surface area (Å²) in [5, 5.41) is 0. The first-order valence-corrected chi connectivity index (χ1v) is 6.92. The van der Waals surface area contributed by atoms with Crippen molar-refractivity contribution < 1.29 is 4.74 Å². The molecule has 19 heavy (non-hydrogen) atoms.